The van der Waals surface area contributed by atoms with Gasteiger partial charge in [-0.2, -0.15) is 0 Å². The van der Waals surface area contributed by atoms with Crippen molar-refractivity contribution in [3.63, 3.8) is 0 Å². The molecular formula is C19H27NO2. The maximum Gasteiger partial charge on any atom is 0.168 e. The second kappa shape index (κ2) is 5.63. The predicted octanol–water partition coefficient (Wildman–Crippen LogP) is 3.38. The van der Waals surface area contributed by atoms with Gasteiger partial charge in [0.15, 0.2) is 5.79 Å². The number of hydrogen-bond donors (Lipinski definition) is 1. The molecule has 0 unspecified atom stereocenters. The van der Waals surface area contributed by atoms with Gasteiger partial charge in [0, 0.05) is 24.9 Å². The minimum absolute atomic E-state index is 0.226. The van der Waals surface area contributed by atoms with E-state index < -0.39 is 0 Å². The van der Waals surface area contributed by atoms with Crippen LogP contribution in [0.1, 0.15) is 51.0 Å². The first-order valence-electron chi connectivity index (χ1n) is 8.77. The molecule has 1 saturated heterocycles. The molecule has 22 heavy (non-hydrogen) atoms. The van der Waals surface area contributed by atoms with Gasteiger partial charge in [0.25, 0.3) is 0 Å². The first kappa shape index (κ1) is 14.7. The standard InChI is InChI=1S/C19H27NO2/c1-18(15-5-3-2-4-6-15)13-17(14-18)20-16-7-9-19(10-8-16)21-11-12-22-19/h2-6,16-17,20H,7-14H2,1H3. The number of hydrogen-bond acceptors (Lipinski definition) is 3. The van der Waals surface area contributed by atoms with Crippen LogP contribution in [0, 0.1) is 0 Å². The highest BCUT2D eigenvalue weighted by molar-refractivity contribution is 5.28. The van der Waals surface area contributed by atoms with Crippen molar-refractivity contribution >= 4 is 0 Å². The Morgan fingerprint density at radius 1 is 0.955 bits per heavy atom. The Bertz CT molecular complexity index is 493. The fourth-order valence-corrected chi connectivity index (χ4v) is 4.57. The molecule has 1 aliphatic heterocycles. The van der Waals surface area contributed by atoms with Crippen molar-refractivity contribution in [1.82, 2.24) is 5.32 Å². The smallest absolute Gasteiger partial charge is 0.168 e. The van der Waals surface area contributed by atoms with Crippen molar-refractivity contribution < 1.29 is 9.47 Å². The molecule has 0 radical (unpaired) electrons. The summed E-state index contributed by atoms with van der Waals surface area (Å²) < 4.78 is 11.6. The van der Waals surface area contributed by atoms with E-state index in [1.165, 1.54) is 31.2 Å². The normalized spacial score (nSPS) is 34.7. The average molecular weight is 301 g/mol. The van der Waals surface area contributed by atoms with E-state index >= 15 is 0 Å². The Labute approximate surface area is 133 Å². The van der Waals surface area contributed by atoms with Crippen LogP contribution >= 0.6 is 0 Å². The van der Waals surface area contributed by atoms with Crippen molar-refractivity contribution in [2.45, 2.75) is 68.7 Å². The molecular weight excluding hydrogens is 274 g/mol. The van der Waals surface area contributed by atoms with Crippen LogP contribution in [0.5, 0.6) is 0 Å². The number of nitrogens with one attached hydrogen (secondary N) is 1. The Balaban J connectivity index is 1.27. The minimum Gasteiger partial charge on any atom is -0.348 e. The highest BCUT2D eigenvalue weighted by Crippen LogP contribution is 2.44. The van der Waals surface area contributed by atoms with Gasteiger partial charge in [-0.3, -0.25) is 0 Å². The molecule has 0 amide bonds. The van der Waals surface area contributed by atoms with Crippen molar-refractivity contribution in [2.24, 2.45) is 0 Å². The molecule has 0 atom stereocenters. The molecule has 3 aliphatic rings. The molecule has 1 heterocycles. The van der Waals surface area contributed by atoms with E-state index in [0.29, 0.717) is 17.5 Å². The largest absolute Gasteiger partial charge is 0.348 e. The minimum atomic E-state index is -0.226. The van der Waals surface area contributed by atoms with Gasteiger partial charge in [-0.1, -0.05) is 37.3 Å². The molecule has 1 aromatic carbocycles. The zero-order valence-corrected chi connectivity index (χ0v) is 13.5. The summed E-state index contributed by atoms with van der Waals surface area (Å²) in [5.41, 5.74) is 1.86. The van der Waals surface area contributed by atoms with Crippen LogP contribution in [-0.4, -0.2) is 31.1 Å². The summed E-state index contributed by atoms with van der Waals surface area (Å²) in [5.74, 6) is -0.226. The quantitative estimate of drug-likeness (QED) is 0.928. The van der Waals surface area contributed by atoms with Gasteiger partial charge >= 0.3 is 0 Å². The maximum absolute atomic E-state index is 5.82. The molecule has 0 aromatic heterocycles. The van der Waals surface area contributed by atoms with Crippen molar-refractivity contribution in [3.05, 3.63) is 35.9 Å². The first-order valence-corrected chi connectivity index (χ1v) is 8.77. The third-order valence-electron chi connectivity index (χ3n) is 5.90. The second-order valence-corrected chi connectivity index (χ2v) is 7.58. The Morgan fingerprint density at radius 3 is 2.23 bits per heavy atom. The topological polar surface area (TPSA) is 30.5 Å². The van der Waals surface area contributed by atoms with Crippen LogP contribution in [0.15, 0.2) is 30.3 Å². The molecule has 4 rings (SSSR count). The fourth-order valence-electron chi connectivity index (χ4n) is 4.57. The van der Waals surface area contributed by atoms with Crippen molar-refractivity contribution in [1.29, 1.82) is 0 Å². The van der Waals surface area contributed by atoms with Gasteiger partial charge in [0.05, 0.1) is 13.2 Å². The molecule has 0 bridgehead atoms. The lowest BCUT2D eigenvalue weighted by Crippen LogP contribution is -2.54. The molecule has 3 nitrogen and oxygen atoms in total. The predicted molar refractivity (Wildman–Crippen MR) is 86.8 cm³/mol. The number of ether oxygens (including phenoxy) is 2. The number of rotatable bonds is 3. The van der Waals surface area contributed by atoms with Gasteiger partial charge < -0.3 is 14.8 Å². The summed E-state index contributed by atoms with van der Waals surface area (Å²) in [7, 11) is 0. The maximum atomic E-state index is 5.82. The van der Waals surface area contributed by atoms with Gasteiger partial charge in [0.2, 0.25) is 0 Å². The number of benzene rings is 1. The van der Waals surface area contributed by atoms with E-state index in [2.05, 4.69) is 42.6 Å². The molecule has 3 fully saturated rings. The van der Waals surface area contributed by atoms with Crippen LogP contribution in [-0.2, 0) is 14.9 Å². The summed E-state index contributed by atoms with van der Waals surface area (Å²) in [5, 5.41) is 3.88. The molecule has 1 N–H and O–H groups in total. The van der Waals surface area contributed by atoms with Crippen LogP contribution in [0.25, 0.3) is 0 Å². The Kier molecular flexibility index (Phi) is 3.75. The summed E-state index contributed by atoms with van der Waals surface area (Å²) in [6.07, 6.45) is 6.97. The van der Waals surface area contributed by atoms with Crippen molar-refractivity contribution in [2.75, 3.05) is 13.2 Å². The van der Waals surface area contributed by atoms with E-state index in [4.69, 9.17) is 9.47 Å². The molecule has 3 heteroatoms. The molecule has 2 aliphatic carbocycles. The van der Waals surface area contributed by atoms with Crippen LogP contribution in [0.2, 0.25) is 0 Å². The first-order chi connectivity index (χ1) is 10.7. The monoisotopic (exact) mass is 301 g/mol. The Hall–Kier alpha value is -0.900. The van der Waals surface area contributed by atoms with Gasteiger partial charge in [-0.25, -0.2) is 0 Å². The van der Waals surface area contributed by atoms with Gasteiger partial charge in [0.1, 0.15) is 0 Å². The highest BCUT2D eigenvalue weighted by atomic mass is 16.7. The van der Waals surface area contributed by atoms with Crippen LogP contribution in [0.3, 0.4) is 0 Å². The lowest BCUT2D eigenvalue weighted by atomic mass is 9.62. The molecule has 1 aromatic rings. The van der Waals surface area contributed by atoms with E-state index in [0.717, 1.165) is 26.1 Å². The SMILES string of the molecule is CC1(c2ccccc2)CC(NC2CCC3(CC2)OCCO3)C1. The summed E-state index contributed by atoms with van der Waals surface area (Å²) in [6.45, 7) is 3.95. The zero-order chi connectivity index (χ0) is 15.0. The van der Waals surface area contributed by atoms with E-state index in [1.54, 1.807) is 0 Å². The second-order valence-electron chi connectivity index (χ2n) is 7.58. The van der Waals surface area contributed by atoms with E-state index in [9.17, 15) is 0 Å². The molecule has 2 saturated carbocycles. The van der Waals surface area contributed by atoms with Crippen LogP contribution in [0.4, 0.5) is 0 Å². The summed E-state index contributed by atoms with van der Waals surface area (Å²) in [4.78, 5) is 0. The van der Waals surface area contributed by atoms with E-state index in [1.807, 2.05) is 0 Å². The zero-order valence-electron chi connectivity index (χ0n) is 13.5. The molecule has 120 valence electrons. The third-order valence-corrected chi connectivity index (χ3v) is 5.90. The molecule has 1 spiro atoms. The van der Waals surface area contributed by atoms with Gasteiger partial charge in [-0.05, 0) is 36.7 Å². The van der Waals surface area contributed by atoms with E-state index in [-0.39, 0.29) is 5.79 Å². The highest BCUT2D eigenvalue weighted by Gasteiger charge is 2.44. The lowest BCUT2D eigenvalue weighted by molar-refractivity contribution is -0.180. The lowest BCUT2D eigenvalue weighted by Gasteiger charge is -2.48. The van der Waals surface area contributed by atoms with Gasteiger partial charge in [-0.15, -0.1) is 0 Å². The fraction of sp³-hybridized carbons (Fsp3) is 0.684. The third kappa shape index (κ3) is 2.70. The van der Waals surface area contributed by atoms with Crippen LogP contribution < -0.4 is 5.32 Å². The summed E-state index contributed by atoms with van der Waals surface area (Å²) in [6, 6.07) is 12.3. The van der Waals surface area contributed by atoms with Crippen molar-refractivity contribution in [3.8, 4) is 0 Å². The summed E-state index contributed by atoms with van der Waals surface area (Å²) >= 11 is 0. The average Bonchev–Trinajstić information content (AvgIpc) is 2.97. The Morgan fingerprint density at radius 2 is 1.59 bits per heavy atom.